The molecule has 0 amide bonds. The van der Waals surface area contributed by atoms with Crippen LogP contribution in [0, 0.1) is 10.8 Å². The van der Waals surface area contributed by atoms with Gasteiger partial charge in [-0.05, 0) is 148 Å². The van der Waals surface area contributed by atoms with E-state index >= 15 is 0 Å². The maximum Gasteiger partial charge on any atom is 0.127 e. The number of benzene rings is 4. The SMILES string of the molecule is OC[C@@H](O)CCCC12CCC(c3cccc(Oc4ccccc4)c3)(CC1)OC2.OC[C@H](O)CCCC12CCC(c3cccc(Oc4ccccc4)c3)(CC1)OC2. The molecule has 0 radical (unpaired) electrons. The molecular weight excluding hydrogens is 705 g/mol. The second-order valence-corrected chi connectivity index (χ2v) is 16.9. The third-order valence-corrected chi connectivity index (χ3v) is 13.1. The average molecular weight is 765 g/mol. The van der Waals surface area contributed by atoms with Gasteiger partial charge in [0, 0.05) is 0 Å². The van der Waals surface area contributed by atoms with Crippen molar-refractivity contribution in [1.29, 1.82) is 0 Å². The minimum absolute atomic E-state index is 0.145. The second kappa shape index (κ2) is 18.2. The monoisotopic (exact) mass is 764 g/mol. The summed E-state index contributed by atoms with van der Waals surface area (Å²) in [6, 6.07) is 36.4. The lowest BCUT2D eigenvalue weighted by atomic mass is 9.62. The fourth-order valence-corrected chi connectivity index (χ4v) is 9.46. The van der Waals surface area contributed by atoms with Crippen molar-refractivity contribution < 1.29 is 39.4 Å². The molecule has 4 saturated heterocycles. The van der Waals surface area contributed by atoms with Crippen molar-refractivity contribution in [1.82, 2.24) is 0 Å². The summed E-state index contributed by atoms with van der Waals surface area (Å²) in [6.07, 6.45) is 12.9. The Balaban J connectivity index is 0.000000172. The van der Waals surface area contributed by atoms with E-state index in [1.165, 1.54) is 11.1 Å². The molecule has 4 aromatic rings. The number of aliphatic hydroxyl groups excluding tert-OH is 4. The molecule has 0 unspecified atom stereocenters. The Morgan fingerprint density at radius 2 is 0.857 bits per heavy atom. The van der Waals surface area contributed by atoms with E-state index in [1.54, 1.807) is 0 Å². The van der Waals surface area contributed by atoms with Crippen molar-refractivity contribution in [2.45, 2.75) is 113 Å². The summed E-state index contributed by atoms with van der Waals surface area (Å²) in [6.45, 7) is 1.28. The Morgan fingerprint density at radius 1 is 0.482 bits per heavy atom. The molecule has 8 heteroatoms. The smallest absolute Gasteiger partial charge is 0.127 e. The lowest BCUT2D eigenvalue weighted by molar-refractivity contribution is -0.192. The molecule has 10 rings (SSSR count). The summed E-state index contributed by atoms with van der Waals surface area (Å²) in [5.74, 6) is 3.38. The van der Waals surface area contributed by atoms with E-state index in [1.807, 2.05) is 72.8 Å². The highest BCUT2D eigenvalue weighted by atomic mass is 16.5. The van der Waals surface area contributed by atoms with Crippen molar-refractivity contribution in [3.05, 3.63) is 120 Å². The molecule has 0 aromatic heterocycles. The Hall–Kier alpha value is -3.76. The van der Waals surface area contributed by atoms with E-state index in [4.69, 9.17) is 29.2 Å². The van der Waals surface area contributed by atoms with Gasteiger partial charge in [-0.15, -0.1) is 0 Å². The maximum absolute atomic E-state index is 9.58. The second-order valence-electron chi connectivity index (χ2n) is 16.9. The van der Waals surface area contributed by atoms with Gasteiger partial charge in [-0.3, -0.25) is 0 Å². The first-order valence-electron chi connectivity index (χ1n) is 20.8. The van der Waals surface area contributed by atoms with Crippen LogP contribution in [0.1, 0.15) is 101 Å². The summed E-state index contributed by atoms with van der Waals surface area (Å²) in [5.41, 5.74) is 2.53. The zero-order chi connectivity index (χ0) is 38.9. The van der Waals surface area contributed by atoms with E-state index in [-0.39, 0.29) is 35.2 Å². The number of fused-ring (bicyclic) bond motifs is 6. The molecule has 4 bridgehead atoms. The standard InChI is InChI=1S/2C24H30O4/c2*25-17-20(26)7-5-11-23-12-14-24(15-13-23,27-18-23)19-6-4-10-22(16-19)28-21-8-2-1-3-9-21/h2*1-4,6,8-10,16,20,25-26H,5,7,11-15,17-18H2/t2*20-,23?,24?/m10/s1. The van der Waals surface area contributed by atoms with Crippen LogP contribution in [0.4, 0.5) is 0 Å². The lowest BCUT2D eigenvalue weighted by Crippen LogP contribution is -2.49. The molecule has 2 saturated carbocycles. The number of para-hydroxylation sites is 2. The number of hydrogen-bond donors (Lipinski definition) is 4. The predicted octanol–water partition coefficient (Wildman–Crippen LogP) is 9.58. The zero-order valence-corrected chi connectivity index (χ0v) is 32.7. The van der Waals surface area contributed by atoms with Crippen molar-refractivity contribution >= 4 is 0 Å². The molecule has 2 aliphatic carbocycles. The van der Waals surface area contributed by atoms with Gasteiger partial charge in [0.1, 0.15) is 23.0 Å². The fourth-order valence-electron chi connectivity index (χ4n) is 9.46. The van der Waals surface area contributed by atoms with Crippen LogP contribution in [0.25, 0.3) is 0 Å². The first-order valence-corrected chi connectivity index (χ1v) is 20.8. The fraction of sp³-hybridized carbons (Fsp3) is 0.500. The molecule has 56 heavy (non-hydrogen) atoms. The van der Waals surface area contributed by atoms with Crippen LogP contribution < -0.4 is 9.47 Å². The summed E-state index contributed by atoms with van der Waals surface area (Å²) >= 11 is 0. The highest BCUT2D eigenvalue weighted by Gasteiger charge is 2.51. The van der Waals surface area contributed by atoms with Gasteiger partial charge in [-0.1, -0.05) is 73.5 Å². The molecule has 300 valence electrons. The molecule has 2 atom stereocenters. The summed E-state index contributed by atoms with van der Waals surface area (Å²) in [7, 11) is 0. The van der Waals surface area contributed by atoms with Gasteiger partial charge < -0.3 is 39.4 Å². The Labute approximate surface area is 332 Å². The molecule has 4 heterocycles. The highest BCUT2D eigenvalue weighted by Crippen LogP contribution is 2.57. The Morgan fingerprint density at radius 3 is 1.20 bits per heavy atom. The number of ether oxygens (including phenoxy) is 4. The Kier molecular flexibility index (Phi) is 13.2. The molecule has 8 nitrogen and oxygen atoms in total. The largest absolute Gasteiger partial charge is 0.457 e. The van der Waals surface area contributed by atoms with Gasteiger partial charge in [0.2, 0.25) is 0 Å². The third kappa shape index (κ3) is 9.67. The third-order valence-electron chi connectivity index (χ3n) is 13.1. The quantitative estimate of drug-likeness (QED) is 0.0892. The van der Waals surface area contributed by atoms with Crippen LogP contribution in [0.15, 0.2) is 109 Å². The van der Waals surface area contributed by atoms with Crippen LogP contribution in [-0.2, 0) is 20.7 Å². The number of aliphatic hydroxyl groups is 4. The zero-order valence-electron chi connectivity index (χ0n) is 32.7. The van der Waals surface area contributed by atoms with Crippen LogP contribution >= 0.6 is 0 Å². The van der Waals surface area contributed by atoms with Crippen molar-refractivity contribution in [3.63, 3.8) is 0 Å². The van der Waals surface area contributed by atoms with E-state index in [0.29, 0.717) is 12.8 Å². The van der Waals surface area contributed by atoms with Crippen molar-refractivity contribution in [2.24, 2.45) is 10.8 Å². The molecule has 4 aliphatic heterocycles. The molecule has 6 fully saturated rings. The Bertz CT molecular complexity index is 1630. The van der Waals surface area contributed by atoms with E-state index in [2.05, 4.69) is 36.4 Å². The summed E-state index contributed by atoms with van der Waals surface area (Å²) in [5, 5.41) is 37.1. The molecule has 4 N–H and O–H groups in total. The average Bonchev–Trinajstić information content (AvgIpc) is 3.26. The highest BCUT2D eigenvalue weighted by molar-refractivity contribution is 5.38. The van der Waals surface area contributed by atoms with Gasteiger partial charge >= 0.3 is 0 Å². The van der Waals surface area contributed by atoms with Crippen molar-refractivity contribution in [3.8, 4) is 23.0 Å². The lowest BCUT2D eigenvalue weighted by Gasteiger charge is -2.53. The summed E-state index contributed by atoms with van der Waals surface area (Å²) < 4.78 is 25.0. The first-order chi connectivity index (χ1) is 27.3. The molecule has 0 spiro atoms. The van der Waals surface area contributed by atoms with E-state index in [0.717, 1.165) is 113 Å². The van der Waals surface area contributed by atoms with Crippen molar-refractivity contribution in [2.75, 3.05) is 26.4 Å². The van der Waals surface area contributed by atoms with E-state index < -0.39 is 12.2 Å². The van der Waals surface area contributed by atoms with E-state index in [9.17, 15) is 10.2 Å². The van der Waals surface area contributed by atoms with Crippen LogP contribution in [0.5, 0.6) is 23.0 Å². The minimum atomic E-state index is -0.587. The maximum atomic E-state index is 9.58. The van der Waals surface area contributed by atoms with Gasteiger partial charge in [-0.25, -0.2) is 0 Å². The first kappa shape index (κ1) is 40.4. The number of hydrogen-bond acceptors (Lipinski definition) is 8. The summed E-state index contributed by atoms with van der Waals surface area (Å²) in [4.78, 5) is 0. The van der Waals surface area contributed by atoms with Gasteiger partial charge in [0.05, 0.1) is 49.8 Å². The molecule has 4 aromatic carbocycles. The predicted molar refractivity (Wildman–Crippen MR) is 217 cm³/mol. The van der Waals surface area contributed by atoms with Crippen LogP contribution in [-0.4, -0.2) is 59.1 Å². The van der Waals surface area contributed by atoms with Crippen LogP contribution in [0.2, 0.25) is 0 Å². The number of rotatable bonds is 16. The topological polar surface area (TPSA) is 118 Å². The minimum Gasteiger partial charge on any atom is -0.457 e. The molecule has 6 aliphatic rings. The van der Waals surface area contributed by atoms with Gasteiger partial charge in [0.25, 0.3) is 0 Å². The van der Waals surface area contributed by atoms with Gasteiger partial charge in [-0.2, -0.15) is 0 Å². The van der Waals surface area contributed by atoms with Crippen LogP contribution in [0.3, 0.4) is 0 Å². The molecular formula is C48H60O8. The normalized spacial score (nSPS) is 27.5. The van der Waals surface area contributed by atoms with Gasteiger partial charge in [0.15, 0.2) is 0 Å².